The topological polar surface area (TPSA) is 38.3 Å². The maximum absolute atomic E-state index is 12.4. The van der Waals surface area contributed by atoms with Crippen LogP contribution in [0.15, 0.2) is 18.2 Å². The van der Waals surface area contributed by atoms with E-state index in [9.17, 15) is 13.6 Å². The van der Waals surface area contributed by atoms with Crippen LogP contribution in [0.5, 0.6) is 5.75 Å². The van der Waals surface area contributed by atoms with E-state index in [0.717, 1.165) is 12.1 Å². The summed E-state index contributed by atoms with van der Waals surface area (Å²) in [5.41, 5.74) is 1.81. The molecule has 3 nitrogen and oxygen atoms in total. The summed E-state index contributed by atoms with van der Waals surface area (Å²) in [6.45, 7) is 0. The van der Waals surface area contributed by atoms with Crippen LogP contribution in [0.1, 0.15) is 0 Å². The minimum Gasteiger partial charge on any atom is -0.380 e. The Labute approximate surface area is 66.9 Å². The number of amides is 1. The lowest BCUT2D eigenvalue weighted by atomic mass is 10.3. The highest BCUT2D eigenvalue weighted by Gasteiger charge is 2.00. The number of carbonyl (C=O) groups excluding carboxylic acids is 1. The molecule has 0 saturated heterocycles. The number of hydrogen-bond donors (Lipinski definition) is 1. The molecule has 1 rings (SSSR count). The number of carbonyl (C=O) groups is 1. The second-order valence-corrected chi connectivity index (χ2v) is 1.94. The molecule has 0 unspecified atom stereocenters. The van der Waals surface area contributed by atoms with Gasteiger partial charge in [0, 0.05) is 18.2 Å². The summed E-state index contributed by atoms with van der Waals surface area (Å²) < 4.78 is 24.8. The Morgan fingerprint density at radius 1 is 1.25 bits per heavy atom. The Bertz CT molecular complexity index is 270. The van der Waals surface area contributed by atoms with Gasteiger partial charge in [-0.25, -0.2) is 8.78 Å². The number of rotatable bonds is 3. The van der Waals surface area contributed by atoms with E-state index in [4.69, 9.17) is 0 Å². The van der Waals surface area contributed by atoms with Gasteiger partial charge in [-0.2, -0.15) is 5.48 Å². The zero-order chi connectivity index (χ0) is 8.97. The monoisotopic (exact) mass is 173 g/mol. The first kappa shape index (κ1) is 8.45. The second-order valence-electron chi connectivity index (χ2n) is 1.94. The third-order valence-corrected chi connectivity index (χ3v) is 1.06. The average Bonchev–Trinajstić information content (AvgIpc) is 1.99. The van der Waals surface area contributed by atoms with Crippen LogP contribution in [-0.2, 0) is 4.79 Å². The SMILES string of the molecule is O=CNOc1cc(F)cc(F)c1. The number of hydrogen-bond acceptors (Lipinski definition) is 2. The van der Waals surface area contributed by atoms with Crippen molar-refractivity contribution >= 4 is 6.41 Å². The van der Waals surface area contributed by atoms with Crippen molar-refractivity contribution in [1.29, 1.82) is 0 Å². The molecule has 1 aromatic rings. The van der Waals surface area contributed by atoms with Crippen LogP contribution in [0.25, 0.3) is 0 Å². The molecule has 1 amide bonds. The lowest BCUT2D eigenvalue weighted by molar-refractivity contribution is -0.115. The van der Waals surface area contributed by atoms with Gasteiger partial charge >= 0.3 is 0 Å². The number of hydroxylamine groups is 1. The van der Waals surface area contributed by atoms with Crippen LogP contribution >= 0.6 is 0 Å². The summed E-state index contributed by atoms with van der Waals surface area (Å²) in [7, 11) is 0. The minimum absolute atomic E-state index is 0.0976. The molecule has 64 valence electrons. The van der Waals surface area contributed by atoms with Crippen molar-refractivity contribution in [3.63, 3.8) is 0 Å². The van der Waals surface area contributed by atoms with Crippen LogP contribution in [0, 0.1) is 11.6 Å². The molecule has 0 aliphatic carbocycles. The van der Waals surface area contributed by atoms with Crippen LogP contribution in [-0.4, -0.2) is 6.41 Å². The molecule has 0 atom stereocenters. The van der Waals surface area contributed by atoms with Crippen LogP contribution in [0.2, 0.25) is 0 Å². The summed E-state index contributed by atoms with van der Waals surface area (Å²) in [6, 6.07) is 2.59. The second kappa shape index (κ2) is 3.66. The van der Waals surface area contributed by atoms with Crippen molar-refractivity contribution in [1.82, 2.24) is 5.48 Å². The smallest absolute Gasteiger partial charge is 0.239 e. The highest BCUT2D eigenvalue weighted by molar-refractivity contribution is 5.44. The van der Waals surface area contributed by atoms with Gasteiger partial charge in [0.05, 0.1) is 0 Å². The van der Waals surface area contributed by atoms with Gasteiger partial charge in [-0.05, 0) is 0 Å². The molecule has 0 radical (unpaired) electrons. The molecule has 0 aromatic heterocycles. The summed E-state index contributed by atoms with van der Waals surface area (Å²) in [6.07, 6.45) is 0.253. The Morgan fingerprint density at radius 2 is 1.83 bits per heavy atom. The minimum atomic E-state index is -0.766. The third kappa shape index (κ3) is 2.19. The zero-order valence-electron chi connectivity index (χ0n) is 5.88. The Kier molecular flexibility index (Phi) is 2.57. The summed E-state index contributed by atoms with van der Waals surface area (Å²) in [5.74, 6) is -1.63. The standard InChI is InChI=1S/C7H5F2NO2/c8-5-1-6(9)3-7(2-5)12-10-4-11/h1-4H,(H,10,11). The van der Waals surface area contributed by atoms with E-state index >= 15 is 0 Å². The molecule has 1 aromatic carbocycles. The normalized spacial score (nSPS) is 9.17. The van der Waals surface area contributed by atoms with Crippen molar-refractivity contribution in [2.75, 3.05) is 0 Å². The fourth-order valence-electron chi connectivity index (χ4n) is 0.680. The van der Waals surface area contributed by atoms with Crippen LogP contribution in [0.4, 0.5) is 8.78 Å². The van der Waals surface area contributed by atoms with E-state index in [-0.39, 0.29) is 12.2 Å². The van der Waals surface area contributed by atoms with Gasteiger partial charge in [0.1, 0.15) is 11.6 Å². The molecule has 12 heavy (non-hydrogen) atoms. The fraction of sp³-hybridized carbons (Fsp3) is 0. The van der Waals surface area contributed by atoms with Crippen molar-refractivity contribution in [3.05, 3.63) is 29.8 Å². The first-order valence-corrected chi connectivity index (χ1v) is 3.04. The Hall–Kier alpha value is -1.65. The molecule has 1 N–H and O–H groups in total. The van der Waals surface area contributed by atoms with E-state index in [0.29, 0.717) is 6.07 Å². The highest BCUT2D eigenvalue weighted by atomic mass is 19.1. The summed E-state index contributed by atoms with van der Waals surface area (Å²) in [4.78, 5) is 14.1. The molecule has 5 heteroatoms. The lowest BCUT2D eigenvalue weighted by Gasteiger charge is -2.01. The van der Waals surface area contributed by atoms with Crippen molar-refractivity contribution in [2.24, 2.45) is 0 Å². The van der Waals surface area contributed by atoms with Crippen LogP contribution in [0.3, 0.4) is 0 Å². The number of nitrogens with one attached hydrogen (secondary N) is 1. The van der Waals surface area contributed by atoms with E-state index in [1.54, 1.807) is 5.48 Å². The predicted octanol–water partition coefficient (Wildman–Crippen LogP) is 1.00. The van der Waals surface area contributed by atoms with E-state index in [1.165, 1.54) is 0 Å². The molecular weight excluding hydrogens is 168 g/mol. The van der Waals surface area contributed by atoms with Gasteiger partial charge in [0.25, 0.3) is 0 Å². The Balaban J connectivity index is 2.78. The van der Waals surface area contributed by atoms with Crippen molar-refractivity contribution < 1.29 is 18.4 Å². The number of benzene rings is 1. The summed E-state index contributed by atoms with van der Waals surface area (Å²) >= 11 is 0. The van der Waals surface area contributed by atoms with E-state index in [2.05, 4.69) is 4.84 Å². The molecular formula is C7H5F2NO2. The zero-order valence-corrected chi connectivity index (χ0v) is 5.88. The molecule has 0 spiro atoms. The largest absolute Gasteiger partial charge is 0.380 e. The van der Waals surface area contributed by atoms with E-state index < -0.39 is 11.6 Å². The van der Waals surface area contributed by atoms with Crippen LogP contribution < -0.4 is 10.3 Å². The van der Waals surface area contributed by atoms with Gasteiger partial charge in [0.15, 0.2) is 5.75 Å². The van der Waals surface area contributed by atoms with E-state index in [1.807, 2.05) is 0 Å². The van der Waals surface area contributed by atoms with Crippen molar-refractivity contribution in [3.8, 4) is 5.75 Å². The maximum Gasteiger partial charge on any atom is 0.239 e. The average molecular weight is 173 g/mol. The first-order valence-electron chi connectivity index (χ1n) is 3.04. The summed E-state index contributed by atoms with van der Waals surface area (Å²) in [5, 5.41) is 0. The maximum atomic E-state index is 12.4. The van der Waals surface area contributed by atoms with Crippen molar-refractivity contribution in [2.45, 2.75) is 0 Å². The molecule has 0 aliphatic heterocycles. The van der Waals surface area contributed by atoms with Gasteiger partial charge < -0.3 is 4.84 Å². The lowest BCUT2D eigenvalue weighted by Crippen LogP contribution is -2.15. The van der Waals surface area contributed by atoms with Gasteiger partial charge in [-0.1, -0.05) is 0 Å². The molecule has 0 fully saturated rings. The van der Waals surface area contributed by atoms with Gasteiger partial charge in [-0.15, -0.1) is 0 Å². The Morgan fingerprint density at radius 3 is 2.33 bits per heavy atom. The third-order valence-electron chi connectivity index (χ3n) is 1.06. The highest BCUT2D eigenvalue weighted by Crippen LogP contribution is 2.13. The first-order chi connectivity index (χ1) is 5.72. The molecule has 0 bridgehead atoms. The molecule has 0 heterocycles. The van der Waals surface area contributed by atoms with Gasteiger partial charge in [-0.3, -0.25) is 4.79 Å². The molecule has 0 saturated carbocycles. The quantitative estimate of drug-likeness (QED) is 0.547. The number of halogens is 2. The fourth-order valence-corrected chi connectivity index (χ4v) is 0.680. The molecule has 0 aliphatic rings. The van der Waals surface area contributed by atoms with Gasteiger partial charge in [0.2, 0.25) is 6.41 Å². The predicted molar refractivity (Wildman–Crippen MR) is 36.2 cm³/mol.